The number of halogens is 2. The van der Waals surface area contributed by atoms with Gasteiger partial charge in [-0.2, -0.15) is 0 Å². The lowest BCUT2D eigenvalue weighted by Gasteiger charge is -2.37. The number of alkyl halides is 2. The summed E-state index contributed by atoms with van der Waals surface area (Å²) in [5.41, 5.74) is 0. The van der Waals surface area contributed by atoms with Gasteiger partial charge in [0.1, 0.15) is 0 Å². The number of ether oxygens (including phenoxy) is 2. The third kappa shape index (κ3) is 3.13. The zero-order chi connectivity index (χ0) is 12.5. The maximum absolute atomic E-state index is 12.7. The number of nitrogens with zero attached hydrogens (tertiary/aromatic N) is 1. The van der Waals surface area contributed by atoms with E-state index in [9.17, 15) is 13.6 Å². The molecule has 2 rings (SSSR count). The lowest BCUT2D eigenvalue weighted by molar-refractivity contribution is -0.188. The van der Waals surface area contributed by atoms with Crippen LogP contribution in [0.5, 0.6) is 0 Å². The molecule has 0 N–H and O–H groups in total. The van der Waals surface area contributed by atoms with E-state index in [1.54, 1.807) is 0 Å². The molecule has 2 heterocycles. The first kappa shape index (κ1) is 12.7. The van der Waals surface area contributed by atoms with Gasteiger partial charge in [-0.05, 0) is 6.92 Å². The molecule has 17 heavy (non-hydrogen) atoms. The Morgan fingerprint density at radius 1 is 1.29 bits per heavy atom. The van der Waals surface area contributed by atoms with Crippen molar-refractivity contribution < 1.29 is 23.0 Å². The predicted molar refractivity (Wildman–Crippen MR) is 55.7 cm³/mol. The topological polar surface area (TPSA) is 38.8 Å². The fourth-order valence-electron chi connectivity index (χ4n) is 2.26. The molecule has 2 saturated heterocycles. The smallest absolute Gasteiger partial charge is 0.254 e. The van der Waals surface area contributed by atoms with E-state index in [1.807, 2.05) is 0 Å². The normalized spacial score (nSPS) is 24.3. The second-order valence-electron chi connectivity index (χ2n) is 4.74. The van der Waals surface area contributed by atoms with E-state index >= 15 is 0 Å². The second-order valence-corrected chi connectivity index (χ2v) is 4.74. The van der Waals surface area contributed by atoms with Crippen molar-refractivity contribution in [2.75, 3.05) is 26.3 Å². The number of hydrogen-bond donors (Lipinski definition) is 0. The van der Waals surface area contributed by atoms with Crippen molar-refractivity contribution in [3.05, 3.63) is 0 Å². The molecular formula is C11H17F2NO3. The Morgan fingerprint density at radius 2 is 1.82 bits per heavy atom. The van der Waals surface area contributed by atoms with Crippen LogP contribution >= 0.6 is 0 Å². The molecule has 2 fully saturated rings. The molecule has 0 unspecified atom stereocenters. The van der Waals surface area contributed by atoms with Crippen molar-refractivity contribution >= 4 is 5.91 Å². The largest absolute Gasteiger partial charge is 0.347 e. The molecule has 0 radical (unpaired) electrons. The molecule has 6 heteroatoms. The molecule has 0 aromatic heterocycles. The van der Waals surface area contributed by atoms with Crippen LogP contribution in [-0.4, -0.2) is 48.8 Å². The third-order valence-electron chi connectivity index (χ3n) is 3.15. The Hall–Kier alpha value is -0.750. The van der Waals surface area contributed by atoms with Gasteiger partial charge in [0.25, 0.3) is 5.92 Å². The summed E-state index contributed by atoms with van der Waals surface area (Å²) in [4.78, 5) is 13.0. The minimum Gasteiger partial charge on any atom is -0.347 e. The quantitative estimate of drug-likeness (QED) is 0.742. The van der Waals surface area contributed by atoms with Gasteiger partial charge < -0.3 is 14.4 Å². The van der Waals surface area contributed by atoms with Gasteiger partial charge >= 0.3 is 0 Å². The van der Waals surface area contributed by atoms with E-state index in [0.29, 0.717) is 39.1 Å². The summed E-state index contributed by atoms with van der Waals surface area (Å²) >= 11 is 0. The predicted octanol–water partition coefficient (Wildman–Crippen LogP) is 1.40. The lowest BCUT2D eigenvalue weighted by Crippen LogP contribution is -2.48. The summed E-state index contributed by atoms with van der Waals surface area (Å²) in [5.74, 6) is -4.00. The fourth-order valence-corrected chi connectivity index (χ4v) is 2.26. The monoisotopic (exact) mass is 249 g/mol. The Balaban J connectivity index is 1.84. The Bertz CT molecular complexity index is 288. The van der Waals surface area contributed by atoms with Gasteiger partial charge in [0.15, 0.2) is 5.79 Å². The molecule has 1 spiro atoms. The Morgan fingerprint density at radius 3 is 2.29 bits per heavy atom. The van der Waals surface area contributed by atoms with Crippen LogP contribution in [0.4, 0.5) is 8.78 Å². The van der Waals surface area contributed by atoms with Crippen LogP contribution in [-0.2, 0) is 14.3 Å². The number of carbonyl (C=O) groups is 1. The van der Waals surface area contributed by atoms with Crippen molar-refractivity contribution in [2.45, 2.75) is 37.9 Å². The number of hydrogen-bond acceptors (Lipinski definition) is 3. The zero-order valence-corrected chi connectivity index (χ0v) is 9.88. The molecule has 0 aromatic carbocycles. The standard InChI is InChI=1S/C11H17F2NO3/c1-10(12,13)8-9(15)14-4-2-11(3-5-14)16-6-7-17-11/h2-8H2,1H3. The van der Waals surface area contributed by atoms with E-state index in [2.05, 4.69) is 0 Å². The van der Waals surface area contributed by atoms with E-state index in [-0.39, 0.29) is 0 Å². The maximum atomic E-state index is 12.7. The van der Waals surface area contributed by atoms with Crippen molar-refractivity contribution in [3.63, 3.8) is 0 Å². The van der Waals surface area contributed by atoms with Crippen LogP contribution in [0.2, 0.25) is 0 Å². The van der Waals surface area contributed by atoms with Crippen molar-refractivity contribution in [2.24, 2.45) is 0 Å². The van der Waals surface area contributed by atoms with Gasteiger partial charge in [-0.15, -0.1) is 0 Å². The van der Waals surface area contributed by atoms with Crippen molar-refractivity contribution in [3.8, 4) is 0 Å². The minimum atomic E-state index is -2.94. The fraction of sp³-hybridized carbons (Fsp3) is 0.909. The van der Waals surface area contributed by atoms with E-state index in [0.717, 1.165) is 6.92 Å². The summed E-state index contributed by atoms with van der Waals surface area (Å²) in [5, 5.41) is 0. The molecule has 0 bridgehead atoms. The molecule has 0 atom stereocenters. The first-order valence-corrected chi connectivity index (χ1v) is 5.84. The highest BCUT2D eigenvalue weighted by molar-refractivity contribution is 5.77. The average molecular weight is 249 g/mol. The van der Waals surface area contributed by atoms with Crippen molar-refractivity contribution in [1.29, 1.82) is 0 Å². The van der Waals surface area contributed by atoms with Crippen LogP contribution in [0.15, 0.2) is 0 Å². The van der Waals surface area contributed by atoms with Crippen LogP contribution in [0.1, 0.15) is 26.2 Å². The highest BCUT2D eigenvalue weighted by atomic mass is 19.3. The van der Waals surface area contributed by atoms with Crippen molar-refractivity contribution in [1.82, 2.24) is 4.90 Å². The van der Waals surface area contributed by atoms with Gasteiger partial charge in [0.2, 0.25) is 5.91 Å². The molecule has 0 aromatic rings. The van der Waals surface area contributed by atoms with Gasteiger partial charge in [0, 0.05) is 25.9 Å². The molecule has 4 nitrogen and oxygen atoms in total. The van der Waals surface area contributed by atoms with Crippen LogP contribution in [0.25, 0.3) is 0 Å². The van der Waals surface area contributed by atoms with Gasteiger partial charge in [-0.3, -0.25) is 4.79 Å². The molecule has 2 aliphatic rings. The maximum Gasteiger partial charge on any atom is 0.254 e. The molecule has 0 saturated carbocycles. The zero-order valence-electron chi connectivity index (χ0n) is 9.88. The summed E-state index contributed by atoms with van der Waals surface area (Å²) in [6.07, 6.45) is 0.407. The first-order valence-electron chi connectivity index (χ1n) is 5.84. The van der Waals surface area contributed by atoms with E-state index < -0.39 is 24.0 Å². The first-order chi connectivity index (χ1) is 7.90. The Kier molecular flexibility index (Phi) is 3.36. The lowest BCUT2D eigenvalue weighted by atomic mass is 10.0. The summed E-state index contributed by atoms with van der Waals surface area (Å²) in [6.45, 7) is 2.76. The summed E-state index contributed by atoms with van der Waals surface area (Å²) in [7, 11) is 0. The Labute approximate surface area is 98.9 Å². The van der Waals surface area contributed by atoms with Gasteiger partial charge in [0.05, 0.1) is 19.6 Å². The SMILES string of the molecule is CC(F)(F)CC(=O)N1CCC2(CC1)OCCO2. The van der Waals surface area contributed by atoms with E-state index in [1.165, 1.54) is 4.90 Å². The number of carbonyl (C=O) groups excluding carboxylic acids is 1. The highest BCUT2D eigenvalue weighted by Crippen LogP contribution is 2.32. The molecular weight excluding hydrogens is 232 g/mol. The third-order valence-corrected chi connectivity index (χ3v) is 3.15. The van der Waals surface area contributed by atoms with Gasteiger partial charge in [-0.1, -0.05) is 0 Å². The minimum absolute atomic E-state index is 0.426. The van der Waals surface area contributed by atoms with Gasteiger partial charge in [-0.25, -0.2) is 8.78 Å². The highest BCUT2D eigenvalue weighted by Gasteiger charge is 2.41. The number of rotatable bonds is 2. The summed E-state index contributed by atoms with van der Waals surface area (Å²) < 4.78 is 36.5. The molecule has 1 amide bonds. The molecule has 0 aliphatic carbocycles. The second kappa shape index (κ2) is 4.49. The van der Waals surface area contributed by atoms with Crippen LogP contribution in [0.3, 0.4) is 0 Å². The molecule has 2 aliphatic heterocycles. The number of amides is 1. The molecule has 98 valence electrons. The van der Waals surface area contributed by atoms with Crippen LogP contribution < -0.4 is 0 Å². The van der Waals surface area contributed by atoms with E-state index in [4.69, 9.17) is 9.47 Å². The number of likely N-dealkylation sites (tertiary alicyclic amines) is 1. The average Bonchev–Trinajstić information content (AvgIpc) is 2.65. The van der Waals surface area contributed by atoms with Crippen LogP contribution in [0, 0.1) is 0 Å². The summed E-state index contributed by atoms with van der Waals surface area (Å²) in [6, 6.07) is 0. The number of piperidine rings is 1.